The molecule has 1 amide bonds. The number of halogens is 2. The summed E-state index contributed by atoms with van der Waals surface area (Å²) < 4.78 is 5.46. The van der Waals surface area contributed by atoms with E-state index in [0.717, 1.165) is 0 Å². The molecule has 2 rings (SSSR count). The molecule has 0 aliphatic heterocycles. The number of nitrogens with one attached hydrogen (secondary N) is 1. The fourth-order valence-electron chi connectivity index (χ4n) is 1.54. The summed E-state index contributed by atoms with van der Waals surface area (Å²) in [5.41, 5.74) is 6.15. The van der Waals surface area contributed by atoms with E-state index in [-0.39, 0.29) is 6.73 Å². The van der Waals surface area contributed by atoms with Gasteiger partial charge in [0.05, 0.1) is 16.3 Å². The van der Waals surface area contributed by atoms with Crippen LogP contribution in [0.15, 0.2) is 36.5 Å². The standard InChI is InChI=1S/C13H11Cl2N3O2/c14-9-6-17-12(15)5-10(9)18-7-20-11-4-2-1-3-8(11)13(16)19/h1-6H,7H2,(H2,16,19)(H,17,18). The summed E-state index contributed by atoms with van der Waals surface area (Å²) in [6.45, 7) is 0.102. The number of amides is 1. The third-order valence-corrected chi connectivity index (χ3v) is 2.97. The number of primary amides is 1. The van der Waals surface area contributed by atoms with Gasteiger partial charge in [0.1, 0.15) is 10.9 Å². The van der Waals surface area contributed by atoms with Crippen LogP contribution in [0, 0.1) is 0 Å². The van der Waals surface area contributed by atoms with Gasteiger partial charge in [-0.3, -0.25) is 4.79 Å². The van der Waals surface area contributed by atoms with Crippen LogP contribution in [-0.4, -0.2) is 17.6 Å². The van der Waals surface area contributed by atoms with Crippen molar-refractivity contribution in [1.29, 1.82) is 0 Å². The molecule has 0 saturated carbocycles. The predicted octanol–water partition coefficient (Wildman–Crippen LogP) is 2.94. The third-order valence-electron chi connectivity index (χ3n) is 2.46. The molecule has 0 atom stereocenters. The van der Waals surface area contributed by atoms with Gasteiger partial charge in [-0.15, -0.1) is 0 Å². The molecule has 0 fully saturated rings. The van der Waals surface area contributed by atoms with Gasteiger partial charge in [0, 0.05) is 12.3 Å². The third kappa shape index (κ3) is 3.53. The molecule has 0 spiro atoms. The van der Waals surface area contributed by atoms with Crippen LogP contribution in [0.5, 0.6) is 5.75 Å². The van der Waals surface area contributed by atoms with Crippen LogP contribution in [0.2, 0.25) is 10.2 Å². The van der Waals surface area contributed by atoms with Gasteiger partial charge in [-0.25, -0.2) is 4.98 Å². The molecule has 1 aromatic carbocycles. The molecule has 7 heteroatoms. The molecule has 0 saturated heterocycles. The summed E-state index contributed by atoms with van der Waals surface area (Å²) in [6, 6.07) is 8.28. The summed E-state index contributed by atoms with van der Waals surface area (Å²) in [7, 11) is 0. The molecule has 0 unspecified atom stereocenters. The van der Waals surface area contributed by atoms with Crippen LogP contribution in [0.3, 0.4) is 0 Å². The van der Waals surface area contributed by atoms with E-state index < -0.39 is 5.91 Å². The Hall–Kier alpha value is -1.98. The molecule has 0 bridgehead atoms. The van der Waals surface area contributed by atoms with E-state index in [2.05, 4.69) is 10.3 Å². The Balaban J connectivity index is 2.03. The minimum absolute atomic E-state index is 0.102. The first-order chi connectivity index (χ1) is 9.58. The summed E-state index contributed by atoms with van der Waals surface area (Å²) >= 11 is 11.7. The highest BCUT2D eigenvalue weighted by Gasteiger charge is 2.08. The zero-order valence-corrected chi connectivity index (χ0v) is 11.8. The minimum atomic E-state index is -0.550. The normalized spacial score (nSPS) is 10.1. The Morgan fingerprint density at radius 2 is 2.10 bits per heavy atom. The van der Waals surface area contributed by atoms with Crippen molar-refractivity contribution >= 4 is 34.8 Å². The molecule has 20 heavy (non-hydrogen) atoms. The van der Waals surface area contributed by atoms with Gasteiger partial charge >= 0.3 is 0 Å². The number of para-hydroxylation sites is 1. The second kappa shape index (κ2) is 6.45. The number of carbonyl (C=O) groups excluding carboxylic acids is 1. The molecular formula is C13H11Cl2N3O2. The van der Waals surface area contributed by atoms with Crippen LogP contribution >= 0.6 is 23.2 Å². The second-order valence-corrected chi connectivity index (χ2v) is 4.61. The lowest BCUT2D eigenvalue weighted by molar-refractivity contribution is 0.0996. The molecule has 1 aromatic heterocycles. The smallest absolute Gasteiger partial charge is 0.252 e. The van der Waals surface area contributed by atoms with E-state index in [9.17, 15) is 4.79 Å². The van der Waals surface area contributed by atoms with Gasteiger partial charge in [0.2, 0.25) is 0 Å². The Kier molecular flexibility index (Phi) is 4.65. The number of ether oxygens (including phenoxy) is 1. The van der Waals surface area contributed by atoms with Gasteiger partial charge in [0.15, 0.2) is 6.73 Å². The van der Waals surface area contributed by atoms with Crippen molar-refractivity contribution in [3.8, 4) is 5.75 Å². The Morgan fingerprint density at radius 1 is 1.35 bits per heavy atom. The van der Waals surface area contributed by atoms with Gasteiger partial charge < -0.3 is 15.8 Å². The van der Waals surface area contributed by atoms with E-state index in [0.29, 0.717) is 27.2 Å². The Bertz CT molecular complexity index is 635. The molecule has 104 valence electrons. The zero-order valence-electron chi connectivity index (χ0n) is 10.3. The van der Waals surface area contributed by atoms with Crippen LogP contribution in [0.25, 0.3) is 0 Å². The number of anilines is 1. The maximum Gasteiger partial charge on any atom is 0.252 e. The maximum atomic E-state index is 11.2. The van der Waals surface area contributed by atoms with E-state index >= 15 is 0 Å². The number of hydrogen-bond donors (Lipinski definition) is 2. The van der Waals surface area contributed by atoms with Crippen LogP contribution in [0.1, 0.15) is 10.4 Å². The fourth-order valence-corrected chi connectivity index (χ4v) is 1.86. The lowest BCUT2D eigenvalue weighted by Gasteiger charge is -2.12. The summed E-state index contributed by atoms with van der Waals surface area (Å²) in [4.78, 5) is 15.1. The van der Waals surface area contributed by atoms with Crippen molar-refractivity contribution in [3.05, 3.63) is 52.3 Å². The number of nitrogens with zero attached hydrogens (tertiary/aromatic N) is 1. The Labute approximate surface area is 125 Å². The fraction of sp³-hybridized carbons (Fsp3) is 0.0769. The second-order valence-electron chi connectivity index (χ2n) is 3.81. The van der Waals surface area contributed by atoms with Crippen molar-refractivity contribution in [3.63, 3.8) is 0 Å². The lowest BCUT2D eigenvalue weighted by atomic mass is 10.2. The first kappa shape index (κ1) is 14.4. The van der Waals surface area contributed by atoms with Crippen LogP contribution in [-0.2, 0) is 0 Å². The Morgan fingerprint density at radius 3 is 2.85 bits per heavy atom. The number of benzene rings is 1. The largest absolute Gasteiger partial charge is 0.472 e. The number of carbonyl (C=O) groups is 1. The van der Waals surface area contributed by atoms with Crippen molar-refractivity contribution in [2.75, 3.05) is 12.0 Å². The quantitative estimate of drug-likeness (QED) is 0.657. The summed E-state index contributed by atoms with van der Waals surface area (Å²) in [5.74, 6) is -0.158. The topological polar surface area (TPSA) is 77.2 Å². The van der Waals surface area contributed by atoms with Crippen molar-refractivity contribution in [1.82, 2.24) is 4.98 Å². The number of rotatable bonds is 5. The molecule has 0 aliphatic rings. The van der Waals surface area contributed by atoms with Crippen molar-refractivity contribution in [2.45, 2.75) is 0 Å². The van der Waals surface area contributed by atoms with Crippen molar-refractivity contribution < 1.29 is 9.53 Å². The molecule has 0 radical (unpaired) electrons. The van der Waals surface area contributed by atoms with E-state index in [1.54, 1.807) is 30.3 Å². The van der Waals surface area contributed by atoms with Crippen LogP contribution in [0.4, 0.5) is 5.69 Å². The SMILES string of the molecule is NC(=O)c1ccccc1OCNc1cc(Cl)ncc1Cl. The molecule has 3 N–H and O–H groups in total. The molecule has 2 aromatic rings. The number of nitrogens with two attached hydrogens (primary N) is 1. The molecule has 5 nitrogen and oxygen atoms in total. The molecule has 0 aliphatic carbocycles. The van der Waals surface area contributed by atoms with Gasteiger partial charge in [-0.05, 0) is 12.1 Å². The highest BCUT2D eigenvalue weighted by molar-refractivity contribution is 6.34. The number of pyridine rings is 1. The average Bonchev–Trinajstić information content (AvgIpc) is 2.43. The highest BCUT2D eigenvalue weighted by atomic mass is 35.5. The monoisotopic (exact) mass is 311 g/mol. The van der Waals surface area contributed by atoms with Gasteiger partial charge in [-0.2, -0.15) is 0 Å². The van der Waals surface area contributed by atoms with Crippen LogP contribution < -0.4 is 15.8 Å². The summed E-state index contributed by atoms with van der Waals surface area (Å²) in [5, 5.41) is 3.67. The minimum Gasteiger partial charge on any atom is -0.472 e. The van der Waals surface area contributed by atoms with Gasteiger partial charge in [0.25, 0.3) is 5.91 Å². The van der Waals surface area contributed by atoms with Gasteiger partial charge in [-0.1, -0.05) is 35.3 Å². The average molecular weight is 312 g/mol. The maximum absolute atomic E-state index is 11.2. The number of hydrogen-bond acceptors (Lipinski definition) is 4. The predicted molar refractivity (Wildman–Crippen MR) is 78.3 cm³/mol. The first-order valence-electron chi connectivity index (χ1n) is 5.64. The first-order valence-corrected chi connectivity index (χ1v) is 6.40. The lowest BCUT2D eigenvalue weighted by Crippen LogP contribution is -2.15. The van der Waals surface area contributed by atoms with Crippen molar-refractivity contribution in [2.24, 2.45) is 5.73 Å². The highest BCUT2D eigenvalue weighted by Crippen LogP contribution is 2.23. The number of aromatic nitrogens is 1. The molecular weight excluding hydrogens is 301 g/mol. The van der Waals surface area contributed by atoms with E-state index in [1.165, 1.54) is 6.20 Å². The molecule has 1 heterocycles. The van der Waals surface area contributed by atoms with E-state index in [4.69, 9.17) is 33.7 Å². The zero-order chi connectivity index (χ0) is 14.5. The summed E-state index contributed by atoms with van der Waals surface area (Å²) in [6.07, 6.45) is 1.43. The van der Waals surface area contributed by atoms with E-state index in [1.807, 2.05) is 0 Å².